The molecule has 1 heterocycles. The highest BCUT2D eigenvalue weighted by molar-refractivity contribution is 4.97. The van der Waals surface area contributed by atoms with Crippen LogP contribution in [0.25, 0.3) is 0 Å². The summed E-state index contributed by atoms with van der Waals surface area (Å²) in [5.74, 6) is 0. The second-order valence-electron chi connectivity index (χ2n) is 5.30. The summed E-state index contributed by atoms with van der Waals surface area (Å²) in [6, 6.07) is 0.658. The normalized spacial score (nSPS) is 23.2. The zero-order valence-corrected chi connectivity index (χ0v) is 11.7. The Kier molecular flexibility index (Phi) is 5.77. The van der Waals surface area contributed by atoms with Crippen molar-refractivity contribution in [2.24, 2.45) is 0 Å². The van der Waals surface area contributed by atoms with Crippen molar-refractivity contribution in [2.45, 2.75) is 71.4 Å². The van der Waals surface area contributed by atoms with E-state index in [0.717, 1.165) is 6.54 Å². The van der Waals surface area contributed by atoms with E-state index in [2.05, 4.69) is 37.9 Å². The standard InChI is InChI=1S/C14H30N2/c1-5-10-13(15-7-3)14(4,6-2)16-11-8-9-12-16/h13,15H,5-12H2,1-4H3. The van der Waals surface area contributed by atoms with Gasteiger partial charge in [0.15, 0.2) is 0 Å². The molecular formula is C14H30N2. The van der Waals surface area contributed by atoms with Gasteiger partial charge < -0.3 is 5.32 Å². The lowest BCUT2D eigenvalue weighted by Gasteiger charge is -2.45. The van der Waals surface area contributed by atoms with Crippen LogP contribution in [0.5, 0.6) is 0 Å². The number of rotatable bonds is 7. The van der Waals surface area contributed by atoms with Gasteiger partial charge in [-0.3, -0.25) is 4.90 Å². The van der Waals surface area contributed by atoms with Gasteiger partial charge in [-0.1, -0.05) is 27.2 Å². The summed E-state index contributed by atoms with van der Waals surface area (Å²) in [6.45, 7) is 13.0. The van der Waals surface area contributed by atoms with E-state index in [4.69, 9.17) is 0 Å². The van der Waals surface area contributed by atoms with E-state index >= 15 is 0 Å². The molecule has 2 heteroatoms. The van der Waals surface area contributed by atoms with Crippen LogP contribution in [-0.4, -0.2) is 36.1 Å². The molecular weight excluding hydrogens is 196 g/mol. The first-order valence-corrected chi connectivity index (χ1v) is 7.17. The Morgan fingerprint density at radius 1 is 1.19 bits per heavy atom. The smallest absolute Gasteiger partial charge is 0.0331 e. The van der Waals surface area contributed by atoms with Crippen molar-refractivity contribution in [3.63, 3.8) is 0 Å². The molecule has 0 saturated carbocycles. The van der Waals surface area contributed by atoms with Crippen LogP contribution < -0.4 is 5.32 Å². The first-order valence-electron chi connectivity index (χ1n) is 7.17. The zero-order chi connectivity index (χ0) is 12.0. The van der Waals surface area contributed by atoms with E-state index < -0.39 is 0 Å². The third kappa shape index (κ3) is 2.98. The van der Waals surface area contributed by atoms with Crippen LogP contribution >= 0.6 is 0 Å². The van der Waals surface area contributed by atoms with Crippen LogP contribution in [0.3, 0.4) is 0 Å². The molecule has 1 aliphatic rings. The fourth-order valence-electron chi connectivity index (χ4n) is 3.09. The van der Waals surface area contributed by atoms with E-state index in [0.29, 0.717) is 11.6 Å². The molecule has 1 fully saturated rings. The van der Waals surface area contributed by atoms with Gasteiger partial charge in [-0.25, -0.2) is 0 Å². The summed E-state index contributed by atoms with van der Waals surface area (Å²) in [5.41, 5.74) is 0.364. The van der Waals surface area contributed by atoms with Gasteiger partial charge in [-0.15, -0.1) is 0 Å². The minimum atomic E-state index is 0.364. The van der Waals surface area contributed by atoms with Crippen LogP contribution in [0.4, 0.5) is 0 Å². The maximum absolute atomic E-state index is 3.71. The highest BCUT2D eigenvalue weighted by Crippen LogP contribution is 2.29. The summed E-state index contributed by atoms with van der Waals surface area (Å²) < 4.78 is 0. The van der Waals surface area contributed by atoms with E-state index in [-0.39, 0.29) is 0 Å². The number of hydrogen-bond acceptors (Lipinski definition) is 2. The minimum Gasteiger partial charge on any atom is -0.312 e. The highest BCUT2D eigenvalue weighted by atomic mass is 15.2. The number of nitrogens with one attached hydrogen (secondary N) is 1. The number of likely N-dealkylation sites (N-methyl/N-ethyl adjacent to an activating group) is 1. The average molecular weight is 226 g/mol. The fourth-order valence-corrected chi connectivity index (χ4v) is 3.09. The van der Waals surface area contributed by atoms with E-state index in [1.54, 1.807) is 0 Å². The quantitative estimate of drug-likeness (QED) is 0.718. The Morgan fingerprint density at radius 2 is 1.81 bits per heavy atom. The molecule has 1 N–H and O–H groups in total. The van der Waals surface area contributed by atoms with E-state index in [1.807, 2.05) is 0 Å². The molecule has 0 spiro atoms. The Balaban J connectivity index is 2.72. The molecule has 0 radical (unpaired) electrons. The Hall–Kier alpha value is -0.0800. The molecule has 1 saturated heterocycles. The third-order valence-corrected chi connectivity index (χ3v) is 4.32. The average Bonchev–Trinajstić information content (AvgIpc) is 2.81. The van der Waals surface area contributed by atoms with Crippen LogP contribution in [0, 0.1) is 0 Å². The van der Waals surface area contributed by atoms with Crippen molar-refractivity contribution in [1.29, 1.82) is 0 Å². The summed E-state index contributed by atoms with van der Waals surface area (Å²) in [4.78, 5) is 2.72. The molecule has 96 valence electrons. The molecule has 0 aromatic heterocycles. The topological polar surface area (TPSA) is 15.3 Å². The lowest BCUT2D eigenvalue weighted by molar-refractivity contribution is 0.0806. The molecule has 0 amide bonds. The van der Waals surface area contributed by atoms with Crippen molar-refractivity contribution >= 4 is 0 Å². The molecule has 0 aromatic rings. The second kappa shape index (κ2) is 6.61. The molecule has 2 atom stereocenters. The minimum absolute atomic E-state index is 0.364. The van der Waals surface area contributed by atoms with Crippen LogP contribution in [0.1, 0.15) is 59.8 Å². The predicted molar refractivity (Wildman–Crippen MR) is 71.9 cm³/mol. The fraction of sp³-hybridized carbons (Fsp3) is 1.00. The number of likely N-dealkylation sites (tertiary alicyclic amines) is 1. The second-order valence-corrected chi connectivity index (χ2v) is 5.30. The number of nitrogens with zero attached hydrogens (tertiary/aromatic N) is 1. The molecule has 1 aliphatic heterocycles. The van der Waals surface area contributed by atoms with Crippen molar-refractivity contribution in [1.82, 2.24) is 10.2 Å². The van der Waals surface area contributed by atoms with Crippen LogP contribution in [-0.2, 0) is 0 Å². The van der Waals surface area contributed by atoms with Gasteiger partial charge in [0.05, 0.1) is 0 Å². The molecule has 16 heavy (non-hydrogen) atoms. The largest absolute Gasteiger partial charge is 0.312 e. The summed E-state index contributed by atoms with van der Waals surface area (Å²) >= 11 is 0. The predicted octanol–water partition coefficient (Wildman–Crippen LogP) is 3.03. The van der Waals surface area contributed by atoms with E-state index in [1.165, 1.54) is 45.2 Å². The monoisotopic (exact) mass is 226 g/mol. The Morgan fingerprint density at radius 3 is 2.25 bits per heavy atom. The van der Waals surface area contributed by atoms with Gasteiger partial charge in [0.1, 0.15) is 0 Å². The van der Waals surface area contributed by atoms with Crippen LogP contribution in [0.2, 0.25) is 0 Å². The lowest BCUT2D eigenvalue weighted by atomic mass is 9.84. The first kappa shape index (κ1) is 14.0. The maximum atomic E-state index is 3.71. The summed E-state index contributed by atoms with van der Waals surface area (Å²) in [5, 5.41) is 3.71. The van der Waals surface area contributed by atoms with Crippen molar-refractivity contribution < 1.29 is 0 Å². The Labute approximate surface area is 102 Å². The first-order chi connectivity index (χ1) is 7.69. The molecule has 2 nitrogen and oxygen atoms in total. The van der Waals surface area contributed by atoms with Gasteiger partial charge >= 0.3 is 0 Å². The highest BCUT2D eigenvalue weighted by Gasteiger charge is 2.38. The van der Waals surface area contributed by atoms with Crippen molar-refractivity contribution in [3.05, 3.63) is 0 Å². The lowest BCUT2D eigenvalue weighted by Crippen LogP contribution is -2.58. The zero-order valence-electron chi connectivity index (χ0n) is 11.7. The van der Waals surface area contributed by atoms with Crippen LogP contribution in [0.15, 0.2) is 0 Å². The maximum Gasteiger partial charge on any atom is 0.0331 e. The SMILES string of the molecule is CCCC(NCC)C(C)(CC)N1CCCC1. The summed E-state index contributed by atoms with van der Waals surface area (Å²) in [6.07, 6.45) is 6.61. The molecule has 0 aliphatic carbocycles. The molecule has 2 unspecified atom stereocenters. The molecule has 1 rings (SSSR count). The summed E-state index contributed by atoms with van der Waals surface area (Å²) in [7, 11) is 0. The van der Waals surface area contributed by atoms with Gasteiger partial charge in [-0.2, -0.15) is 0 Å². The number of hydrogen-bond donors (Lipinski definition) is 1. The van der Waals surface area contributed by atoms with Gasteiger partial charge in [0, 0.05) is 11.6 Å². The van der Waals surface area contributed by atoms with E-state index in [9.17, 15) is 0 Å². The van der Waals surface area contributed by atoms with Crippen molar-refractivity contribution in [2.75, 3.05) is 19.6 Å². The third-order valence-electron chi connectivity index (χ3n) is 4.32. The van der Waals surface area contributed by atoms with Gasteiger partial charge in [0.25, 0.3) is 0 Å². The molecule has 0 bridgehead atoms. The Bertz CT molecular complexity index is 181. The molecule has 0 aromatic carbocycles. The van der Waals surface area contributed by atoms with Gasteiger partial charge in [-0.05, 0) is 52.2 Å². The van der Waals surface area contributed by atoms with Crippen molar-refractivity contribution in [3.8, 4) is 0 Å². The van der Waals surface area contributed by atoms with Gasteiger partial charge in [0.2, 0.25) is 0 Å².